The summed E-state index contributed by atoms with van der Waals surface area (Å²) >= 11 is 0. The first-order valence-corrected chi connectivity index (χ1v) is 20.3. The molecule has 3 aromatic rings. The second-order valence-electron chi connectivity index (χ2n) is 16.8. The number of methoxy groups -OCH3 is 2. The van der Waals surface area contributed by atoms with Gasteiger partial charge in [0.15, 0.2) is 0 Å². The van der Waals surface area contributed by atoms with Gasteiger partial charge >= 0.3 is 6.03 Å². The fourth-order valence-corrected chi connectivity index (χ4v) is 9.57. The van der Waals surface area contributed by atoms with Crippen LogP contribution >= 0.6 is 0 Å². The van der Waals surface area contributed by atoms with Crippen molar-refractivity contribution in [1.82, 2.24) is 34.8 Å². The molecule has 6 amide bonds. The van der Waals surface area contributed by atoms with Gasteiger partial charge in [-0.2, -0.15) is 0 Å². The molecule has 0 aliphatic carbocycles. The number of anilines is 1. The van der Waals surface area contributed by atoms with E-state index in [0.29, 0.717) is 48.7 Å². The molecule has 2 aromatic carbocycles. The third-order valence-electron chi connectivity index (χ3n) is 12.5. The van der Waals surface area contributed by atoms with Gasteiger partial charge in [-0.3, -0.25) is 34.2 Å². The molecule has 5 aliphatic rings. The number of pyridine rings is 1. The Balaban J connectivity index is 0.826. The third-order valence-corrected chi connectivity index (χ3v) is 12.5. The number of aromatic nitrogens is 1. The van der Waals surface area contributed by atoms with Crippen LogP contribution in [-0.4, -0.2) is 134 Å². The number of carbonyl (C=O) groups excluding carboxylic acids is 5. The van der Waals surface area contributed by atoms with Crippen molar-refractivity contribution in [2.45, 2.75) is 51.2 Å². The van der Waals surface area contributed by atoms with Crippen LogP contribution in [0.1, 0.15) is 63.1 Å². The number of aryl methyl sites for hydroxylation is 1. The number of imide groups is 2. The van der Waals surface area contributed by atoms with E-state index < -0.39 is 29.7 Å². The highest BCUT2D eigenvalue weighted by atomic mass is 16.5. The number of nitrogens with one attached hydrogen (secondary N) is 2. The second kappa shape index (κ2) is 15.8. The molecular weight excluding hydrogens is 757 g/mol. The Hall–Kier alpha value is -5.74. The van der Waals surface area contributed by atoms with Gasteiger partial charge in [0.2, 0.25) is 11.8 Å². The zero-order valence-corrected chi connectivity index (χ0v) is 34.4. The molecule has 5 aliphatic heterocycles. The molecule has 1 spiro atoms. The predicted octanol–water partition coefficient (Wildman–Crippen LogP) is 2.20. The van der Waals surface area contributed by atoms with Gasteiger partial charge in [-0.25, -0.2) is 4.79 Å². The van der Waals surface area contributed by atoms with E-state index in [1.54, 1.807) is 42.9 Å². The zero-order valence-electron chi connectivity index (χ0n) is 34.4. The number of benzene rings is 2. The number of amides is 6. The van der Waals surface area contributed by atoms with Crippen LogP contribution in [0.3, 0.4) is 0 Å². The number of urea groups is 1. The van der Waals surface area contributed by atoms with Crippen molar-refractivity contribution in [3.63, 3.8) is 0 Å². The first-order valence-electron chi connectivity index (χ1n) is 20.3. The lowest BCUT2D eigenvalue weighted by molar-refractivity contribution is -0.136. The molecule has 3 saturated heterocycles. The molecule has 1 unspecified atom stereocenters. The molecule has 6 heterocycles. The van der Waals surface area contributed by atoms with E-state index in [-0.39, 0.29) is 42.0 Å². The standard InChI is InChI=1S/C43H52N8O8/c1-46(2)20-33-35(58-4)17-26(18-36(33)59-5)31-21-47(3)39(54)32-22-49(15-11-28(31)32)42(57)44-13-6-14-48-23-43(24-48)12-16-50(25-43)27-7-8-29-30(19-27)41(56)51(40(29)55)34-9-10-37(52)45-38(34)53/h7-8,17-19,21,34H,6,9-16,20,22-25H2,1-5H3,(H,44,57)(H,45,52,53). The third kappa shape index (κ3) is 7.43. The predicted molar refractivity (Wildman–Crippen MR) is 219 cm³/mol. The van der Waals surface area contributed by atoms with E-state index in [2.05, 4.69) is 25.3 Å². The van der Waals surface area contributed by atoms with E-state index in [1.807, 2.05) is 38.5 Å². The van der Waals surface area contributed by atoms with Crippen LogP contribution in [0.2, 0.25) is 0 Å². The van der Waals surface area contributed by atoms with E-state index in [9.17, 15) is 28.8 Å². The molecule has 1 aromatic heterocycles. The molecule has 0 bridgehead atoms. The summed E-state index contributed by atoms with van der Waals surface area (Å²) in [6.45, 7) is 6.27. The maximum atomic E-state index is 13.4. The van der Waals surface area contributed by atoms with Crippen molar-refractivity contribution in [3.05, 3.63) is 74.7 Å². The Morgan fingerprint density at radius 3 is 2.34 bits per heavy atom. The van der Waals surface area contributed by atoms with Gasteiger partial charge in [-0.15, -0.1) is 0 Å². The number of hydrogen-bond donors (Lipinski definition) is 2. The summed E-state index contributed by atoms with van der Waals surface area (Å²) in [6, 6.07) is 8.12. The number of fused-ring (bicyclic) bond motifs is 2. The lowest BCUT2D eigenvalue weighted by Crippen LogP contribution is -2.57. The van der Waals surface area contributed by atoms with Crippen molar-refractivity contribution >= 4 is 35.3 Å². The van der Waals surface area contributed by atoms with Crippen molar-refractivity contribution in [2.24, 2.45) is 12.5 Å². The van der Waals surface area contributed by atoms with Gasteiger partial charge in [-0.05, 0) is 87.8 Å². The highest BCUT2D eigenvalue weighted by molar-refractivity contribution is 6.23. The maximum absolute atomic E-state index is 13.4. The van der Waals surface area contributed by atoms with Crippen LogP contribution in [0.15, 0.2) is 41.3 Å². The van der Waals surface area contributed by atoms with Gasteiger partial charge in [0, 0.05) is 87.7 Å². The Kier molecular flexibility index (Phi) is 10.7. The van der Waals surface area contributed by atoms with Crippen LogP contribution < -0.4 is 30.6 Å². The van der Waals surface area contributed by atoms with Gasteiger partial charge in [0.25, 0.3) is 17.4 Å². The highest BCUT2D eigenvalue weighted by Gasteiger charge is 2.48. The molecule has 16 heteroatoms. The Morgan fingerprint density at radius 2 is 1.64 bits per heavy atom. The topological polar surface area (TPSA) is 166 Å². The van der Waals surface area contributed by atoms with Crippen LogP contribution in [0.4, 0.5) is 10.5 Å². The van der Waals surface area contributed by atoms with E-state index >= 15 is 0 Å². The summed E-state index contributed by atoms with van der Waals surface area (Å²) in [5, 5.41) is 5.32. The molecule has 8 rings (SSSR count). The lowest BCUT2D eigenvalue weighted by atomic mass is 9.79. The number of carbonyl (C=O) groups is 5. The summed E-state index contributed by atoms with van der Waals surface area (Å²) in [7, 11) is 9.00. The van der Waals surface area contributed by atoms with E-state index in [4.69, 9.17) is 9.47 Å². The molecule has 3 fully saturated rings. The molecule has 2 N–H and O–H groups in total. The van der Waals surface area contributed by atoms with Crippen molar-refractivity contribution in [3.8, 4) is 22.6 Å². The van der Waals surface area contributed by atoms with Crippen LogP contribution in [0, 0.1) is 5.41 Å². The lowest BCUT2D eigenvalue weighted by Gasteiger charge is -2.48. The van der Waals surface area contributed by atoms with Crippen LogP contribution in [0.5, 0.6) is 11.5 Å². The fraction of sp³-hybridized carbons (Fsp3) is 0.488. The van der Waals surface area contributed by atoms with E-state index in [1.165, 1.54) is 0 Å². The van der Waals surface area contributed by atoms with Crippen molar-refractivity contribution in [2.75, 3.05) is 79.0 Å². The number of rotatable bonds is 11. The van der Waals surface area contributed by atoms with Crippen molar-refractivity contribution < 1.29 is 33.4 Å². The SMILES string of the molecule is COc1cc(-c2cn(C)c(=O)c3c2CCN(C(=O)NCCCN2CC4(CCN(c5ccc6c(c5)C(=O)N(C5CCC(=O)NC5=O)C6=O)C4)C2)C3)cc(OC)c1CN(C)C. The summed E-state index contributed by atoms with van der Waals surface area (Å²) < 4.78 is 13.1. The Bertz CT molecular complexity index is 2270. The molecule has 1 atom stereocenters. The van der Waals surface area contributed by atoms with Gasteiger partial charge in [-0.1, -0.05) is 0 Å². The fourth-order valence-electron chi connectivity index (χ4n) is 9.57. The molecular formula is C43H52N8O8. The number of likely N-dealkylation sites (tertiary alicyclic amines) is 1. The molecule has 312 valence electrons. The van der Waals surface area contributed by atoms with Gasteiger partial charge < -0.3 is 39.0 Å². The molecule has 59 heavy (non-hydrogen) atoms. The smallest absolute Gasteiger partial charge is 0.317 e. The monoisotopic (exact) mass is 808 g/mol. The number of nitrogens with zero attached hydrogens (tertiary/aromatic N) is 6. The van der Waals surface area contributed by atoms with E-state index in [0.717, 1.165) is 78.4 Å². The van der Waals surface area contributed by atoms with Crippen LogP contribution in [0.25, 0.3) is 11.1 Å². The number of ether oxygens (including phenoxy) is 2. The number of hydrogen-bond acceptors (Lipinski definition) is 11. The van der Waals surface area contributed by atoms with Crippen molar-refractivity contribution in [1.29, 1.82) is 0 Å². The first-order chi connectivity index (χ1) is 28.3. The largest absolute Gasteiger partial charge is 0.496 e. The Labute approximate surface area is 343 Å². The zero-order chi connectivity index (χ0) is 41.7. The average molecular weight is 809 g/mol. The quantitative estimate of drug-likeness (QED) is 0.216. The second-order valence-corrected chi connectivity index (χ2v) is 16.8. The minimum atomic E-state index is -0.987. The Morgan fingerprint density at radius 1 is 0.915 bits per heavy atom. The summed E-state index contributed by atoms with van der Waals surface area (Å²) in [5.41, 5.74) is 5.78. The summed E-state index contributed by atoms with van der Waals surface area (Å²) in [5.74, 6) is -0.600. The normalized spacial score (nSPS) is 19.9. The van der Waals surface area contributed by atoms with Gasteiger partial charge in [0.1, 0.15) is 17.5 Å². The molecule has 0 radical (unpaired) electrons. The molecule has 16 nitrogen and oxygen atoms in total. The molecule has 0 saturated carbocycles. The highest BCUT2D eigenvalue weighted by Crippen LogP contribution is 2.42. The number of piperidine rings is 1. The van der Waals surface area contributed by atoms with Gasteiger partial charge in [0.05, 0.1) is 37.5 Å². The first kappa shape index (κ1) is 40.1. The maximum Gasteiger partial charge on any atom is 0.317 e. The van der Waals surface area contributed by atoms with Crippen LogP contribution in [-0.2, 0) is 36.1 Å². The summed E-state index contributed by atoms with van der Waals surface area (Å²) in [6.07, 6.45) is 4.41. The minimum absolute atomic E-state index is 0.0808. The minimum Gasteiger partial charge on any atom is -0.496 e. The summed E-state index contributed by atoms with van der Waals surface area (Å²) in [4.78, 5) is 86.8. The average Bonchev–Trinajstić information content (AvgIpc) is 3.76.